The van der Waals surface area contributed by atoms with Crippen LogP contribution in [0, 0.1) is 6.92 Å². The quantitative estimate of drug-likeness (QED) is 0.851. The second-order valence-corrected chi connectivity index (χ2v) is 5.09. The number of rotatable bonds is 5. The van der Waals surface area contributed by atoms with Crippen LogP contribution in [-0.2, 0) is 24.7 Å². The number of benzene rings is 1. The Morgan fingerprint density at radius 2 is 2.15 bits per heavy atom. The summed E-state index contributed by atoms with van der Waals surface area (Å²) >= 11 is 6.15. The van der Waals surface area contributed by atoms with Crippen molar-refractivity contribution in [2.45, 2.75) is 19.8 Å². The van der Waals surface area contributed by atoms with Gasteiger partial charge in [0.1, 0.15) is 11.5 Å². The Kier molecular flexibility index (Phi) is 4.45. The minimum atomic E-state index is 0.100. The lowest BCUT2D eigenvalue weighted by Gasteiger charge is -2.05. The van der Waals surface area contributed by atoms with E-state index in [1.165, 1.54) is 0 Å². The minimum Gasteiger partial charge on any atom is -0.497 e. The number of nitrogens with zero attached hydrogens (tertiary/aromatic N) is 2. The third-order valence-corrected chi connectivity index (χ3v) is 3.65. The Labute approximate surface area is 123 Å². The molecule has 0 bridgehead atoms. The minimum absolute atomic E-state index is 0.100. The third kappa shape index (κ3) is 3.20. The highest BCUT2D eigenvalue weighted by Gasteiger charge is 2.15. The number of carbonyl (C=O) groups is 1. The first-order valence-corrected chi connectivity index (χ1v) is 6.71. The van der Waals surface area contributed by atoms with Gasteiger partial charge in [0.25, 0.3) is 0 Å². The van der Waals surface area contributed by atoms with Crippen LogP contribution in [-0.4, -0.2) is 22.7 Å². The molecule has 0 spiro atoms. The van der Waals surface area contributed by atoms with E-state index >= 15 is 0 Å². The highest BCUT2D eigenvalue weighted by molar-refractivity contribution is 6.32. The average molecular weight is 293 g/mol. The van der Waals surface area contributed by atoms with Crippen LogP contribution in [0.2, 0.25) is 5.02 Å². The largest absolute Gasteiger partial charge is 0.497 e. The summed E-state index contributed by atoms with van der Waals surface area (Å²) in [6.07, 6.45) is 0.644. The molecule has 0 saturated heterocycles. The number of ketones is 1. The average Bonchev–Trinajstić information content (AvgIpc) is 2.65. The Balaban J connectivity index is 2.09. The van der Waals surface area contributed by atoms with Gasteiger partial charge in [-0.3, -0.25) is 9.48 Å². The number of aryl methyl sites for hydroxylation is 2. The third-order valence-electron chi connectivity index (χ3n) is 3.16. The SMILES string of the molecule is COc1cccc(CC(=O)Cc2c(Cl)c(C)nn2C)c1. The molecule has 1 heterocycles. The number of carbonyl (C=O) groups excluding carboxylic acids is 1. The van der Waals surface area contributed by atoms with Gasteiger partial charge in [-0.15, -0.1) is 0 Å². The molecule has 0 atom stereocenters. The van der Waals surface area contributed by atoms with Gasteiger partial charge in [0, 0.05) is 13.5 Å². The van der Waals surface area contributed by atoms with Crippen LogP contribution in [0.15, 0.2) is 24.3 Å². The van der Waals surface area contributed by atoms with E-state index in [0.29, 0.717) is 11.4 Å². The maximum absolute atomic E-state index is 12.2. The fraction of sp³-hybridized carbons (Fsp3) is 0.333. The molecule has 0 fully saturated rings. The van der Waals surface area contributed by atoms with E-state index in [9.17, 15) is 4.79 Å². The second kappa shape index (κ2) is 6.09. The zero-order valence-electron chi connectivity index (χ0n) is 11.8. The van der Waals surface area contributed by atoms with Crippen LogP contribution >= 0.6 is 11.6 Å². The molecule has 0 saturated carbocycles. The topological polar surface area (TPSA) is 44.1 Å². The van der Waals surface area contributed by atoms with Crippen LogP contribution in [0.3, 0.4) is 0 Å². The Morgan fingerprint density at radius 3 is 2.75 bits per heavy atom. The molecule has 0 radical (unpaired) electrons. The summed E-state index contributed by atoms with van der Waals surface area (Å²) in [5, 5.41) is 4.79. The van der Waals surface area contributed by atoms with E-state index in [1.807, 2.05) is 31.2 Å². The molecule has 0 amide bonds. The summed E-state index contributed by atoms with van der Waals surface area (Å²) in [7, 11) is 3.41. The number of ether oxygens (including phenoxy) is 1. The molecule has 20 heavy (non-hydrogen) atoms. The molecule has 0 aliphatic carbocycles. The number of aromatic nitrogens is 2. The van der Waals surface area contributed by atoms with Crippen molar-refractivity contribution in [2.24, 2.45) is 7.05 Å². The van der Waals surface area contributed by atoms with Crippen LogP contribution < -0.4 is 4.74 Å². The van der Waals surface area contributed by atoms with Crippen LogP contribution in [0.25, 0.3) is 0 Å². The molecule has 5 heteroatoms. The van der Waals surface area contributed by atoms with Crippen molar-refractivity contribution in [1.29, 1.82) is 0 Å². The van der Waals surface area contributed by atoms with E-state index in [-0.39, 0.29) is 12.2 Å². The first kappa shape index (κ1) is 14.6. The monoisotopic (exact) mass is 292 g/mol. The number of hydrogen-bond donors (Lipinski definition) is 0. The molecule has 0 aliphatic rings. The van der Waals surface area contributed by atoms with E-state index in [0.717, 1.165) is 22.7 Å². The number of Topliss-reactive ketones (excluding diaryl/α,β-unsaturated/α-hetero) is 1. The molecule has 1 aromatic heterocycles. The molecule has 106 valence electrons. The van der Waals surface area contributed by atoms with E-state index in [4.69, 9.17) is 16.3 Å². The summed E-state index contributed by atoms with van der Waals surface area (Å²) in [5.41, 5.74) is 2.44. The van der Waals surface area contributed by atoms with Crippen LogP contribution in [0.4, 0.5) is 0 Å². The highest BCUT2D eigenvalue weighted by atomic mass is 35.5. The number of hydrogen-bond acceptors (Lipinski definition) is 3. The lowest BCUT2D eigenvalue weighted by molar-refractivity contribution is -0.117. The lowest BCUT2D eigenvalue weighted by atomic mass is 10.1. The van der Waals surface area contributed by atoms with Crippen molar-refractivity contribution < 1.29 is 9.53 Å². The second-order valence-electron chi connectivity index (χ2n) is 4.71. The van der Waals surface area contributed by atoms with Crippen molar-refractivity contribution in [3.8, 4) is 5.75 Å². The maximum atomic E-state index is 12.2. The van der Waals surface area contributed by atoms with E-state index < -0.39 is 0 Å². The fourth-order valence-corrected chi connectivity index (χ4v) is 2.36. The highest BCUT2D eigenvalue weighted by Crippen LogP contribution is 2.21. The lowest BCUT2D eigenvalue weighted by Crippen LogP contribution is -2.10. The zero-order chi connectivity index (χ0) is 14.7. The van der Waals surface area contributed by atoms with Crippen molar-refractivity contribution in [3.05, 3.63) is 46.2 Å². The molecule has 2 rings (SSSR count). The molecule has 4 nitrogen and oxygen atoms in total. The van der Waals surface area contributed by atoms with Gasteiger partial charge in [-0.25, -0.2) is 0 Å². The van der Waals surface area contributed by atoms with Gasteiger partial charge in [0.2, 0.25) is 0 Å². The standard InChI is InChI=1S/C15H17ClN2O2/c1-10-15(16)14(18(2)17-10)9-12(19)7-11-5-4-6-13(8-11)20-3/h4-6,8H,7,9H2,1-3H3. The van der Waals surface area contributed by atoms with Crippen molar-refractivity contribution in [2.75, 3.05) is 7.11 Å². The Morgan fingerprint density at radius 1 is 1.40 bits per heavy atom. The maximum Gasteiger partial charge on any atom is 0.143 e. The summed E-state index contributed by atoms with van der Waals surface area (Å²) in [6, 6.07) is 7.52. The molecule has 2 aromatic rings. The summed E-state index contributed by atoms with van der Waals surface area (Å²) in [6.45, 7) is 1.83. The van der Waals surface area contributed by atoms with Crippen molar-refractivity contribution >= 4 is 17.4 Å². The molecule has 0 aliphatic heterocycles. The molecule has 1 aromatic carbocycles. The van der Waals surface area contributed by atoms with E-state index in [1.54, 1.807) is 18.8 Å². The first-order chi connectivity index (χ1) is 9.51. The van der Waals surface area contributed by atoms with Crippen LogP contribution in [0.1, 0.15) is 17.0 Å². The summed E-state index contributed by atoms with van der Waals surface area (Å²) in [5.74, 6) is 0.855. The van der Waals surface area contributed by atoms with Crippen molar-refractivity contribution in [1.82, 2.24) is 9.78 Å². The van der Waals surface area contributed by atoms with Gasteiger partial charge < -0.3 is 4.74 Å². The molecule has 0 unspecified atom stereocenters. The summed E-state index contributed by atoms with van der Waals surface area (Å²) < 4.78 is 6.82. The van der Waals surface area contributed by atoms with Gasteiger partial charge in [-0.2, -0.15) is 5.10 Å². The van der Waals surface area contributed by atoms with Gasteiger partial charge in [0.05, 0.1) is 29.9 Å². The van der Waals surface area contributed by atoms with E-state index in [2.05, 4.69) is 5.10 Å². The predicted octanol–water partition coefficient (Wildman–Crippen LogP) is 2.74. The number of halogens is 1. The van der Waals surface area contributed by atoms with Crippen molar-refractivity contribution in [3.63, 3.8) is 0 Å². The van der Waals surface area contributed by atoms with Gasteiger partial charge >= 0.3 is 0 Å². The number of methoxy groups -OCH3 is 1. The smallest absolute Gasteiger partial charge is 0.143 e. The van der Waals surface area contributed by atoms with Gasteiger partial charge in [0.15, 0.2) is 0 Å². The Bertz CT molecular complexity index is 635. The first-order valence-electron chi connectivity index (χ1n) is 6.34. The normalized spacial score (nSPS) is 10.6. The molecule has 0 N–H and O–H groups in total. The van der Waals surface area contributed by atoms with Crippen LogP contribution in [0.5, 0.6) is 5.75 Å². The van der Waals surface area contributed by atoms with Gasteiger partial charge in [-0.1, -0.05) is 23.7 Å². The summed E-state index contributed by atoms with van der Waals surface area (Å²) in [4.78, 5) is 12.2. The zero-order valence-corrected chi connectivity index (χ0v) is 12.6. The fourth-order valence-electron chi connectivity index (χ4n) is 2.13. The molecular formula is C15H17ClN2O2. The Hall–Kier alpha value is -1.81. The molecular weight excluding hydrogens is 276 g/mol. The predicted molar refractivity (Wildman–Crippen MR) is 78.4 cm³/mol. The van der Waals surface area contributed by atoms with Gasteiger partial charge in [-0.05, 0) is 24.6 Å².